The Morgan fingerprint density at radius 3 is 2.65 bits per heavy atom. The van der Waals surface area contributed by atoms with Crippen molar-refractivity contribution in [3.8, 4) is 0 Å². The molecule has 0 saturated carbocycles. The molecule has 0 amide bonds. The summed E-state index contributed by atoms with van der Waals surface area (Å²) in [7, 11) is 0. The number of allylic oxidation sites excluding steroid dienone is 2. The van der Waals surface area contributed by atoms with Gasteiger partial charge in [0.25, 0.3) is 5.56 Å². The van der Waals surface area contributed by atoms with Crippen molar-refractivity contribution in [3.63, 3.8) is 0 Å². The number of guanidine groups is 1. The summed E-state index contributed by atoms with van der Waals surface area (Å²) in [4.78, 5) is 27.1. The Bertz CT molecular complexity index is 1090. The molecule has 1 aliphatic carbocycles. The van der Waals surface area contributed by atoms with E-state index in [-0.39, 0.29) is 11.7 Å². The average molecular weight is 439 g/mol. The standard InChI is InChI=1S/C23H27ClN6O/c1-16-14-20(31)30-21(17-6-3-2-4-7-17)26-22(27-23(30)25-16)29-12-10-28(11-13-29)19-9-5-8-18(24)15-19/h2-3,5,8-9,14-15,17,21H,4,6-7,10-13H2,1H3,(H,25,26,27). The van der Waals surface area contributed by atoms with Crippen molar-refractivity contribution in [2.45, 2.75) is 32.4 Å². The molecule has 2 atom stereocenters. The van der Waals surface area contributed by atoms with Gasteiger partial charge in [0.1, 0.15) is 6.17 Å². The van der Waals surface area contributed by atoms with Crippen molar-refractivity contribution in [1.29, 1.82) is 0 Å². The molecule has 0 spiro atoms. The molecule has 1 saturated heterocycles. The zero-order chi connectivity index (χ0) is 21.4. The molecule has 1 aromatic heterocycles. The molecule has 0 radical (unpaired) electrons. The Morgan fingerprint density at radius 1 is 1.10 bits per heavy atom. The Balaban J connectivity index is 1.39. The Kier molecular flexibility index (Phi) is 5.44. The van der Waals surface area contributed by atoms with E-state index in [1.807, 2.05) is 25.1 Å². The van der Waals surface area contributed by atoms with Gasteiger partial charge in [-0.25, -0.2) is 9.98 Å². The van der Waals surface area contributed by atoms with Crippen molar-refractivity contribution < 1.29 is 0 Å². The lowest BCUT2D eigenvalue weighted by Crippen LogP contribution is -2.52. The second-order valence-corrected chi connectivity index (χ2v) is 8.86. The molecule has 1 fully saturated rings. The minimum atomic E-state index is -0.220. The molecule has 2 unspecified atom stereocenters. The van der Waals surface area contributed by atoms with E-state index in [9.17, 15) is 4.79 Å². The Morgan fingerprint density at radius 2 is 1.90 bits per heavy atom. The third kappa shape index (κ3) is 4.06. The van der Waals surface area contributed by atoms with E-state index in [0.29, 0.717) is 11.9 Å². The van der Waals surface area contributed by atoms with Crippen molar-refractivity contribution in [2.24, 2.45) is 10.9 Å². The van der Waals surface area contributed by atoms with Gasteiger partial charge in [0.05, 0.1) is 0 Å². The van der Waals surface area contributed by atoms with Crippen LogP contribution in [0.4, 0.5) is 11.6 Å². The van der Waals surface area contributed by atoms with Crippen LogP contribution in [0, 0.1) is 12.8 Å². The van der Waals surface area contributed by atoms with E-state index in [1.54, 1.807) is 10.6 Å². The van der Waals surface area contributed by atoms with Crippen LogP contribution in [0.15, 0.2) is 52.3 Å². The maximum atomic E-state index is 12.8. The molecule has 31 heavy (non-hydrogen) atoms. The van der Waals surface area contributed by atoms with E-state index < -0.39 is 0 Å². The predicted molar refractivity (Wildman–Crippen MR) is 125 cm³/mol. The highest BCUT2D eigenvalue weighted by molar-refractivity contribution is 6.30. The number of hydrogen-bond donors (Lipinski definition) is 1. The van der Waals surface area contributed by atoms with Gasteiger partial charge in [0, 0.05) is 54.6 Å². The smallest absolute Gasteiger partial charge is 0.256 e. The summed E-state index contributed by atoms with van der Waals surface area (Å²) in [6, 6.07) is 9.59. The topological polar surface area (TPSA) is 65.8 Å². The first kappa shape index (κ1) is 20.1. The van der Waals surface area contributed by atoms with Gasteiger partial charge < -0.3 is 9.80 Å². The number of halogens is 1. The molecule has 1 N–H and O–H groups in total. The number of benzene rings is 1. The fourth-order valence-corrected chi connectivity index (χ4v) is 4.86. The van der Waals surface area contributed by atoms with E-state index in [0.717, 1.165) is 67.8 Å². The normalized spacial score (nSPS) is 23.2. The number of rotatable bonds is 2. The maximum absolute atomic E-state index is 12.8. The van der Waals surface area contributed by atoms with Gasteiger partial charge in [0.15, 0.2) is 0 Å². The number of nitrogens with one attached hydrogen (secondary N) is 1. The molecule has 7 nitrogen and oxygen atoms in total. The second-order valence-electron chi connectivity index (χ2n) is 8.42. The third-order valence-electron chi connectivity index (χ3n) is 6.31. The summed E-state index contributed by atoms with van der Waals surface area (Å²) < 4.78 is 1.74. The highest BCUT2D eigenvalue weighted by Crippen LogP contribution is 2.34. The Hall–Kier alpha value is -2.80. The monoisotopic (exact) mass is 438 g/mol. The quantitative estimate of drug-likeness (QED) is 0.725. The van der Waals surface area contributed by atoms with Crippen LogP contribution in [-0.4, -0.2) is 46.6 Å². The van der Waals surface area contributed by atoms with Crippen LogP contribution in [0.1, 0.15) is 31.1 Å². The largest absolute Gasteiger partial charge is 0.368 e. The van der Waals surface area contributed by atoms with E-state index in [4.69, 9.17) is 16.6 Å². The van der Waals surface area contributed by atoms with Gasteiger partial charge in [0.2, 0.25) is 11.9 Å². The highest BCUT2D eigenvalue weighted by Gasteiger charge is 2.32. The van der Waals surface area contributed by atoms with Gasteiger partial charge in [-0.05, 0) is 44.4 Å². The van der Waals surface area contributed by atoms with Crippen molar-refractivity contribution in [2.75, 3.05) is 36.4 Å². The van der Waals surface area contributed by atoms with Crippen molar-refractivity contribution in [3.05, 3.63) is 63.6 Å². The fourth-order valence-electron chi connectivity index (χ4n) is 4.68. The molecular formula is C23H27ClN6O. The Labute approximate surface area is 187 Å². The van der Waals surface area contributed by atoms with Crippen LogP contribution in [0.2, 0.25) is 5.02 Å². The first-order valence-corrected chi connectivity index (χ1v) is 11.3. The summed E-state index contributed by atoms with van der Waals surface area (Å²) in [6.45, 7) is 5.30. The van der Waals surface area contributed by atoms with Crippen molar-refractivity contribution in [1.82, 2.24) is 14.5 Å². The molecule has 1 aromatic carbocycles. The fraction of sp³-hybridized carbons (Fsp3) is 0.435. The molecule has 8 heteroatoms. The number of aromatic nitrogens is 2. The zero-order valence-corrected chi connectivity index (χ0v) is 18.4. The maximum Gasteiger partial charge on any atom is 0.256 e. The molecule has 0 bridgehead atoms. The van der Waals surface area contributed by atoms with E-state index in [2.05, 4.69) is 38.3 Å². The number of aryl methyl sites for hydroxylation is 1. The minimum Gasteiger partial charge on any atom is -0.368 e. The summed E-state index contributed by atoms with van der Waals surface area (Å²) >= 11 is 6.17. The second kappa shape index (κ2) is 8.38. The van der Waals surface area contributed by atoms with Crippen LogP contribution in [-0.2, 0) is 0 Å². The summed E-state index contributed by atoms with van der Waals surface area (Å²) in [5.74, 6) is 1.73. The summed E-state index contributed by atoms with van der Waals surface area (Å²) in [6.07, 6.45) is 7.20. The first-order chi connectivity index (χ1) is 15.1. The molecule has 3 heterocycles. The summed E-state index contributed by atoms with van der Waals surface area (Å²) in [5.41, 5.74) is 1.83. The number of piperazine rings is 1. The van der Waals surface area contributed by atoms with Crippen molar-refractivity contribution >= 4 is 29.2 Å². The summed E-state index contributed by atoms with van der Waals surface area (Å²) in [5, 5.41) is 4.11. The molecule has 162 valence electrons. The van der Waals surface area contributed by atoms with Crippen LogP contribution < -0.4 is 15.8 Å². The van der Waals surface area contributed by atoms with Gasteiger partial charge in [-0.3, -0.25) is 14.7 Å². The number of nitrogens with zero attached hydrogens (tertiary/aromatic N) is 5. The van der Waals surface area contributed by atoms with Crippen LogP contribution in [0.3, 0.4) is 0 Å². The lowest BCUT2D eigenvalue weighted by Gasteiger charge is -2.40. The highest BCUT2D eigenvalue weighted by atomic mass is 35.5. The molecular weight excluding hydrogens is 412 g/mol. The van der Waals surface area contributed by atoms with E-state index in [1.165, 1.54) is 0 Å². The number of aliphatic imine (C=N–C) groups is 1. The predicted octanol–water partition coefficient (Wildman–Crippen LogP) is 3.66. The zero-order valence-electron chi connectivity index (χ0n) is 17.7. The minimum absolute atomic E-state index is 0.0388. The molecule has 2 aromatic rings. The van der Waals surface area contributed by atoms with Crippen LogP contribution in [0.25, 0.3) is 0 Å². The number of hydrogen-bond acceptors (Lipinski definition) is 6. The number of anilines is 2. The van der Waals surface area contributed by atoms with E-state index >= 15 is 0 Å². The molecule has 3 aliphatic rings. The first-order valence-electron chi connectivity index (χ1n) is 10.9. The van der Waals surface area contributed by atoms with Gasteiger partial charge in [-0.1, -0.05) is 29.8 Å². The average Bonchev–Trinajstić information content (AvgIpc) is 2.79. The third-order valence-corrected chi connectivity index (χ3v) is 6.54. The molecule has 2 aliphatic heterocycles. The SMILES string of the molecule is Cc1cc(=O)n2c(n1)NC(N1CCN(c3cccc(Cl)c3)CC1)=NC2C1CC=CCC1. The van der Waals surface area contributed by atoms with Gasteiger partial charge in [-0.2, -0.15) is 0 Å². The lowest BCUT2D eigenvalue weighted by atomic mass is 9.91. The van der Waals surface area contributed by atoms with Crippen LogP contribution >= 0.6 is 11.6 Å². The lowest BCUT2D eigenvalue weighted by molar-refractivity contribution is 0.296. The van der Waals surface area contributed by atoms with Gasteiger partial charge in [-0.15, -0.1) is 0 Å². The molecule has 5 rings (SSSR count). The van der Waals surface area contributed by atoms with Gasteiger partial charge >= 0.3 is 0 Å². The van der Waals surface area contributed by atoms with Crippen LogP contribution in [0.5, 0.6) is 0 Å². The number of fused-ring (bicyclic) bond motifs is 1.